The van der Waals surface area contributed by atoms with Gasteiger partial charge in [0.2, 0.25) is 0 Å². The van der Waals surface area contributed by atoms with E-state index in [9.17, 15) is 0 Å². The molecule has 1 fully saturated rings. The van der Waals surface area contributed by atoms with Crippen molar-refractivity contribution in [1.29, 1.82) is 0 Å². The van der Waals surface area contributed by atoms with Crippen LogP contribution in [-0.4, -0.2) is 58.1 Å². The van der Waals surface area contributed by atoms with Crippen LogP contribution in [0.5, 0.6) is 0 Å². The average Bonchev–Trinajstić information content (AvgIpc) is 3.24. The summed E-state index contributed by atoms with van der Waals surface area (Å²) in [5.41, 5.74) is 0. The SMILES string of the molecule is CCNC(=NCCCc1nnc(SC)n1CC(C)C)N1CCC(CC(C)C)C1.I. The topological polar surface area (TPSA) is 58.3 Å². The molecule has 0 bridgehead atoms. The van der Waals surface area contributed by atoms with Crippen molar-refractivity contribution >= 4 is 41.7 Å². The Balaban J connectivity index is 0.00000420. The van der Waals surface area contributed by atoms with Gasteiger partial charge in [-0.3, -0.25) is 4.99 Å². The van der Waals surface area contributed by atoms with E-state index in [1.54, 1.807) is 11.8 Å². The summed E-state index contributed by atoms with van der Waals surface area (Å²) in [6.45, 7) is 16.3. The highest BCUT2D eigenvalue weighted by Gasteiger charge is 2.25. The van der Waals surface area contributed by atoms with Gasteiger partial charge in [-0.1, -0.05) is 39.5 Å². The molecule has 2 rings (SSSR count). The van der Waals surface area contributed by atoms with Crippen LogP contribution in [0.15, 0.2) is 10.1 Å². The smallest absolute Gasteiger partial charge is 0.193 e. The van der Waals surface area contributed by atoms with Gasteiger partial charge in [0.1, 0.15) is 5.82 Å². The highest BCUT2D eigenvalue weighted by Crippen LogP contribution is 2.23. The van der Waals surface area contributed by atoms with Gasteiger partial charge in [-0.15, -0.1) is 34.2 Å². The molecule has 1 aromatic heterocycles. The van der Waals surface area contributed by atoms with E-state index in [0.717, 1.165) is 74.3 Å². The second-order valence-corrected chi connectivity index (χ2v) is 9.45. The van der Waals surface area contributed by atoms with Crippen LogP contribution < -0.4 is 5.32 Å². The Morgan fingerprint density at radius 1 is 1.24 bits per heavy atom. The molecule has 1 unspecified atom stereocenters. The van der Waals surface area contributed by atoms with Gasteiger partial charge in [0.05, 0.1) is 0 Å². The van der Waals surface area contributed by atoms with Crippen LogP contribution in [0.25, 0.3) is 0 Å². The van der Waals surface area contributed by atoms with Gasteiger partial charge in [-0.25, -0.2) is 0 Å². The summed E-state index contributed by atoms with van der Waals surface area (Å²) < 4.78 is 2.28. The fraction of sp³-hybridized carbons (Fsp3) is 0.857. The normalized spacial score (nSPS) is 17.3. The largest absolute Gasteiger partial charge is 0.357 e. The number of nitrogens with zero attached hydrogens (tertiary/aromatic N) is 5. The number of aromatic nitrogens is 3. The van der Waals surface area contributed by atoms with Gasteiger partial charge in [-0.2, -0.15) is 0 Å². The molecule has 1 saturated heterocycles. The first-order valence-corrected chi connectivity index (χ1v) is 12.2. The number of rotatable bonds is 10. The monoisotopic (exact) mass is 536 g/mol. The van der Waals surface area contributed by atoms with Crippen molar-refractivity contribution in [2.75, 3.05) is 32.4 Å². The van der Waals surface area contributed by atoms with Crippen LogP contribution in [0, 0.1) is 17.8 Å². The Bertz CT molecular complexity index is 616. The van der Waals surface area contributed by atoms with Crippen molar-refractivity contribution in [2.24, 2.45) is 22.7 Å². The van der Waals surface area contributed by atoms with Gasteiger partial charge in [0, 0.05) is 39.1 Å². The van der Waals surface area contributed by atoms with E-state index in [0.29, 0.717) is 5.92 Å². The molecule has 0 aliphatic carbocycles. The highest BCUT2D eigenvalue weighted by molar-refractivity contribution is 14.0. The van der Waals surface area contributed by atoms with Crippen molar-refractivity contribution in [2.45, 2.75) is 72.0 Å². The third-order valence-corrected chi connectivity index (χ3v) is 5.74. The molecule has 0 spiro atoms. The second-order valence-electron chi connectivity index (χ2n) is 8.68. The number of halogens is 1. The molecule has 0 radical (unpaired) electrons. The van der Waals surface area contributed by atoms with E-state index in [-0.39, 0.29) is 24.0 Å². The lowest BCUT2D eigenvalue weighted by Gasteiger charge is -2.22. The zero-order chi connectivity index (χ0) is 20.5. The standard InChI is InChI=1S/C21H40N6S.HI/c1-7-22-20(26-12-10-18(15-26)13-16(2)3)23-11-8-9-19-24-25-21(28-6)27(19)14-17(4)5;/h16-18H,7-15H2,1-6H3,(H,22,23);1H. The number of nitrogens with one attached hydrogen (secondary N) is 1. The molecule has 29 heavy (non-hydrogen) atoms. The third-order valence-electron chi connectivity index (χ3n) is 5.07. The van der Waals surface area contributed by atoms with Gasteiger partial charge in [-0.05, 0) is 50.2 Å². The molecule has 0 saturated carbocycles. The Hall–Kier alpha value is -0.510. The molecule has 1 aliphatic rings. The second kappa shape index (κ2) is 13.7. The molecule has 0 amide bonds. The minimum Gasteiger partial charge on any atom is -0.357 e. The lowest BCUT2D eigenvalue weighted by Crippen LogP contribution is -2.40. The van der Waals surface area contributed by atoms with E-state index >= 15 is 0 Å². The molecule has 1 aromatic rings. The van der Waals surface area contributed by atoms with Crippen LogP contribution >= 0.6 is 35.7 Å². The van der Waals surface area contributed by atoms with Gasteiger partial charge < -0.3 is 14.8 Å². The van der Waals surface area contributed by atoms with Gasteiger partial charge >= 0.3 is 0 Å². The fourth-order valence-electron chi connectivity index (χ4n) is 3.94. The van der Waals surface area contributed by atoms with E-state index in [1.165, 1.54) is 12.8 Å². The van der Waals surface area contributed by atoms with Crippen molar-refractivity contribution in [3.63, 3.8) is 0 Å². The predicted octanol–water partition coefficient (Wildman–Crippen LogP) is 4.54. The highest BCUT2D eigenvalue weighted by atomic mass is 127. The zero-order valence-corrected chi connectivity index (χ0v) is 22.3. The molecule has 168 valence electrons. The first-order chi connectivity index (χ1) is 13.4. The number of hydrogen-bond acceptors (Lipinski definition) is 4. The number of likely N-dealkylation sites (tertiary alicyclic amines) is 1. The summed E-state index contributed by atoms with van der Waals surface area (Å²) in [5, 5.41) is 13.3. The van der Waals surface area contributed by atoms with Crippen LogP contribution in [-0.2, 0) is 13.0 Å². The van der Waals surface area contributed by atoms with E-state index in [4.69, 9.17) is 4.99 Å². The lowest BCUT2D eigenvalue weighted by molar-refractivity contribution is 0.403. The van der Waals surface area contributed by atoms with E-state index in [2.05, 4.69) is 65.9 Å². The maximum atomic E-state index is 4.91. The summed E-state index contributed by atoms with van der Waals surface area (Å²) in [6.07, 6.45) is 6.61. The Labute approximate surface area is 199 Å². The number of aliphatic imine (C=N–C) groups is 1. The lowest BCUT2D eigenvalue weighted by atomic mass is 9.97. The maximum absolute atomic E-state index is 4.91. The molecular weight excluding hydrogens is 495 g/mol. The van der Waals surface area contributed by atoms with Crippen molar-refractivity contribution in [1.82, 2.24) is 25.0 Å². The fourth-order valence-corrected chi connectivity index (χ4v) is 4.46. The van der Waals surface area contributed by atoms with Crippen molar-refractivity contribution in [3.8, 4) is 0 Å². The molecule has 8 heteroatoms. The molecule has 1 N–H and O–H groups in total. The number of thioether (sulfide) groups is 1. The van der Waals surface area contributed by atoms with Crippen LogP contribution in [0.2, 0.25) is 0 Å². The Morgan fingerprint density at radius 2 is 2.00 bits per heavy atom. The third kappa shape index (κ3) is 8.63. The summed E-state index contributed by atoms with van der Waals surface area (Å²) in [7, 11) is 0. The molecule has 1 atom stereocenters. The van der Waals surface area contributed by atoms with Crippen LogP contribution in [0.4, 0.5) is 0 Å². The first kappa shape index (κ1) is 26.5. The molecule has 2 heterocycles. The van der Waals surface area contributed by atoms with Crippen molar-refractivity contribution < 1.29 is 0 Å². The summed E-state index contributed by atoms with van der Waals surface area (Å²) in [4.78, 5) is 7.36. The van der Waals surface area contributed by atoms with Crippen molar-refractivity contribution in [3.05, 3.63) is 5.82 Å². The molecular formula is C21H41IN6S. The zero-order valence-electron chi connectivity index (χ0n) is 19.1. The van der Waals surface area contributed by atoms with E-state index in [1.807, 2.05) is 0 Å². The molecule has 1 aliphatic heterocycles. The molecule has 6 nitrogen and oxygen atoms in total. The summed E-state index contributed by atoms with van der Waals surface area (Å²) in [6, 6.07) is 0. The van der Waals surface area contributed by atoms with E-state index < -0.39 is 0 Å². The first-order valence-electron chi connectivity index (χ1n) is 10.9. The van der Waals surface area contributed by atoms with Crippen LogP contribution in [0.3, 0.4) is 0 Å². The quantitative estimate of drug-likeness (QED) is 0.157. The van der Waals surface area contributed by atoms with Gasteiger partial charge in [0.15, 0.2) is 11.1 Å². The molecule has 0 aromatic carbocycles. The number of hydrogen-bond donors (Lipinski definition) is 1. The Morgan fingerprint density at radius 3 is 2.62 bits per heavy atom. The van der Waals surface area contributed by atoms with Crippen LogP contribution in [0.1, 0.15) is 59.7 Å². The Kier molecular flexibility index (Phi) is 12.6. The summed E-state index contributed by atoms with van der Waals surface area (Å²) in [5.74, 6) is 4.36. The minimum absolute atomic E-state index is 0. The minimum atomic E-state index is 0. The number of guanidine groups is 1. The maximum Gasteiger partial charge on any atom is 0.193 e. The number of aryl methyl sites for hydroxylation is 1. The summed E-state index contributed by atoms with van der Waals surface area (Å²) >= 11 is 1.68. The average molecular weight is 537 g/mol. The predicted molar refractivity (Wildman–Crippen MR) is 135 cm³/mol. The van der Waals surface area contributed by atoms with Gasteiger partial charge in [0.25, 0.3) is 0 Å².